The molecule has 0 bridgehead atoms. The number of hydrogen-bond donors (Lipinski definition) is 2. The predicted molar refractivity (Wildman–Crippen MR) is 119 cm³/mol. The quantitative estimate of drug-likeness (QED) is 0.644. The third-order valence-corrected chi connectivity index (χ3v) is 6.99. The lowest BCUT2D eigenvalue weighted by Gasteiger charge is -2.17. The maximum absolute atomic E-state index is 12.3. The second kappa shape index (κ2) is 9.93. The van der Waals surface area contributed by atoms with Crippen molar-refractivity contribution in [2.45, 2.75) is 24.3 Å². The van der Waals surface area contributed by atoms with Gasteiger partial charge < -0.3 is 15.5 Å². The van der Waals surface area contributed by atoms with Crippen LogP contribution in [-0.2, 0) is 21.4 Å². The van der Waals surface area contributed by atoms with E-state index in [-0.39, 0.29) is 22.9 Å². The molecule has 0 radical (unpaired) electrons. The van der Waals surface area contributed by atoms with Crippen LogP contribution in [-0.4, -0.2) is 58.3 Å². The van der Waals surface area contributed by atoms with Crippen LogP contribution in [0, 0.1) is 0 Å². The van der Waals surface area contributed by atoms with Gasteiger partial charge in [0.15, 0.2) is 0 Å². The van der Waals surface area contributed by atoms with E-state index in [9.17, 15) is 18.0 Å². The van der Waals surface area contributed by atoms with Crippen molar-refractivity contribution in [3.05, 3.63) is 59.7 Å². The molecule has 31 heavy (non-hydrogen) atoms. The molecule has 0 atom stereocenters. The largest absolute Gasteiger partial charge is 0.372 e. The molecule has 2 amide bonds. The van der Waals surface area contributed by atoms with Crippen molar-refractivity contribution >= 4 is 27.5 Å². The third-order valence-electron chi connectivity index (χ3n) is 5.18. The summed E-state index contributed by atoms with van der Waals surface area (Å²) in [7, 11) is -0.795. The van der Waals surface area contributed by atoms with Gasteiger partial charge >= 0.3 is 0 Å². The van der Waals surface area contributed by atoms with Crippen molar-refractivity contribution in [1.29, 1.82) is 0 Å². The lowest BCUT2D eigenvalue weighted by Crippen LogP contribution is -2.36. The zero-order valence-electron chi connectivity index (χ0n) is 17.8. The van der Waals surface area contributed by atoms with E-state index < -0.39 is 15.9 Å². The summed E-state index contributed by atoms with van der Waals surface area (Å²) in [6, 6.07) is 13.8. The van der Waals surface area contributed by atoms with E-state index in [0.29, 0.717) is 6.54 Å². The normalized spacial score (nSPS) is 14.0. The average molecular weight is 445 g/mol. The molecule has 1 saturated heterocycles. The first-order chi connectivity index (χ1) is 14.8. The van der Waals surface area contributed by atoms with E-state index >= 15 is 0 Å². The molecule has 0 saturated carbocycles. The van der Waals surface area contributed by atoms with Crippen molar-refractivity contribution in [3.8, 4) is 0 Å². The summed E-state index contributed by atoms with van der Waals surface area (Å²) >= 11 is 0. The molecule has 9 heteroatoms. The predicted octanol–water partition coefficient (Wildman–Crippen LogP) is 1.58. The van der Waals surface area contributed by atoms with E-state index in [0.717, 1.165) is 23.0 Å². The molecule has 166 valence electrons. The van der Waals surface area contributed by atoms with Crippen molar-refractivity contribution in [2.75, 3.05) is 38.6 Å². The van der Waals surface area contributed by atoms with Gasteiger partial charge in [-0.3, -0.25) is 9.59 Å². The first-order valence-corrected chi connectivity index (χ1v) is 11.6. The average Bonchev–Trinajstić information content (AvgIpc) is 3.31. The van der Waals surface area contributed by atoms with Crippen LogP contribution in [0.2, 0.25) is 0 Å². The zero-order valence-corrected chi connectivity index (χ0v) is 18.6. The van der Waals surface area contributed by atoms with Crippen LogP contribution in [0.15, 0.2) is 53.4 Å². The Bertz CT molecular complexity index is 1030. The summed E-state index contributed by atoms with van der Waals surface area (Å²) in [4.78, 5) is 26.8. The van der Waals surface area contributed by atoms with Crippen molar-refractivity contribution in [3.63, 3.8) is 0 Å². The Kier molecular flexibility index (Phi) is 7.29. The van der Waals surface area contributed by atoms with E-state index in [1.54, 1.807) is 0 Å². The molecule has 2 aromatic rings. The number of anilines is 1. The molecule has 1 aliphatic rings. The molecule has 0 unspecified atom stereocenters. The number of rotatable bonds is 8. The van der Waals surface area contributed by atoms with Gasteiger partial charge in [-0.2, -0.15) is 0 Å². The second-order valence-corrected chi connectivity index (χ2v) is 9.79. The topological polar surface area (TPSA) is 98.8 Å². The van der Waals surface area contributed by atoms with E-state index in [1.807, 2.05) is 12.1 Å². The molecule has 0 spiro atoms. The van der Waals surface area contributed by atoms with Gasteiger partial charge in [0.25, 0.3) is 5.91 Å². The number of nitrogens with one attached hydrogen (secondary N) is 2. The molecular weight excluding hydrogens is 416 g/mol. The van der Waals surface area contributed by atoms with Crippen molar-refractivity contribution in [1.82, 2.24) is 14.9 Å². The maximum Gasteiger partial charge on any atom is 0.251 e. The van der Waals surface area contributed by atoms with Crippen molar-refractivity contribution < 1.29 is 18.0 Å². The highest BCUT2D eigenvalue weighted by Crippen LogP contribution is 2.20. The van der Waals surface area contributed by atoms with Crippen LogP contribution >= 0.6 is 0 Å². The van der Waals surface area contributed by atoms with E-state index in [2.05, 4.69) is 27.7 Å². The van der Waals surface area contributed by atoms with Gasteiger partial charge in [0.1, 0.15) is 0 Å². The van der Waals surface area contributed by atoms with Crippen LogP contribution in [0.3, 0.4) is 0 Å². The Balaban J connectivity index is 1.49. The van der Waals surface area contributed by atoms with Gasteiger partial charge in [-0.05, 0) is 48.7 Å². The molecule has 1 aliphatic heterocycles. The SMILES string of the molecule is CN(C)S(=O)(=O)c1cccc(C(=O)NCC(=O)NCc2ccc(N3CCCC3)cc2)c1. The summed E-state index contributed by atoms with van der Waals surface area (Å²) in [5.74, 6) is -0.838. The Morgan fingerprint density at radius 2 is 1.68 bits per heavy atom. The number of hydrogen-bond acceptors (Lipinski definition) is 5. The Labute approximate surface area is 183 Å². The second-order valence-electron chi connectivity index (χ2n) is 7.64. The molecule has 1 heterocycles. The van der Waals surface area contributed by atoms with E-state index in [4.69, 9.17) is 0 Å². The fraction of sp³-hybridized carbons (Fsp3) is 0.364. The number of amides is 2. The fourth-order valence-electron chi connectivity index (χ4n) is 3.33. The Morgan fingerprint density at radius 3 is 2.32 bits per heavy atom. The first kappa shape index (κ1) is 22.8. The summed E-state index contributed by atoms with van der Waals surface area (Å²) in [5.41, 5.74) is 2.34. The minimum Gasteiger partial charge on any atom is -0.372 e. The first-order valence-electron chi connectivity index (χ1n) is 10.2. The molecule has 3 rings (SSSR count). The van der Waals surface area contributed by atoms with Crippen LogP contribution in [0.25, 0.3) is 0 Å². The van der Waals surface area contributed by atoms with Crippen LogP contribution in [0.1, 0.15) is 28.8 Å². The summed E-state index contributed by atoms with van der Waals surface area (Å²) in [6.07, 6.45) is 2.44. The lowest BCUT2D eigenvalue weighted by molar-refractivity contribution is -0.120. The zero-order chi connectivity index (χ0) is 22.4. The molecule has 8 nitrogen and oxygen atoms in total. The van der Waals surface area contributed by atoms with Gasteiger partial charge in [-0.15, -0.1) is 0 Å². The van der Waals surface area contributed by atoms with Gasteiger partial charge in [0, 0.05) is 45.0 Å². The smallest absolute Gasteiger partial charge is 0.251 e. The van der Waals surface area contributed by atoms with Gasteiger partial charge in [-0.25, -0.2) is 12.7 Å². The summed E-state index contributed by atoms with van der Waals surface area (Å²) in [5, 5.41) is 5.30. The highest BCUT2D eigenvalue weighted by atomic mass is 32.2. The number of carbonyl (C=O) groups excluding carboxylic acids is 2. The Hall–Kier alpha value is -2.91. The van der Waals surface area contributed by atoms with Gasteiger partial charge in [0.2, 0.25) is 15.9 Å². The maximum atomic E-state index is 12.3. The summed E-state index contributed by atoms with van der Waals surface area (Å²) < 4.78 is 25.5. The monoisotopic (exact) mass is 444 g/mol. The van der Waals surface area contributed by atoms with Crippen LogP contribution in [0.4, 0.5) is 5.69 Å². The van der Waals surface area contributed by atoms with Gasteiger partial charge in [-0.1, -0.05) is 18.2 Å². The number of sulfonamides is 1. The van der Waals surface area contributed by atoms with Crippen LogP contribution < -0.4 is 15.5 Å². The molecule has 0 aliphatic carbocycles. The van der Waals surface area contributed by atoms with E-state index in [1.165, 1.54) is 56.9 Å². The third kappa shape index (κ3) is 5.83. The molecule has 0 aromatic heterocycles. The number of benzene rings is 2. The van der Waals surface area contributed by atoms with Crippen molar-refractivity contribution in [2.24, 2.45) is 0 Å². The number of nitrogens with zero attached hydrogens (tertiary/aromatic N) is 2. The minimum absolute atomic E-state index is 0.0204. The lowest BCUT2D eigenvalue weighted by atomic mass is 10.2. The molecule has 2 N–H and O–H groups in total. The Morgan fingerprint density at radius 1 is 1.00 bits per heavy atom. The van der Waals surface area contributed by atoms with Gasteiger partial charge in [0.05, 0.1) is 11.4 Å². The molecular formula is C22H28N4O4S. The van der Waals surface area contributed by atoms with Crippen LogP contribution in [0.5, 0.6) is 0 Å². The summed E-state index contributed by atoms with van der Waals surface area (Å²) in [6.45, 7) is 2.33. The highest BCUT2D eigenvalue weighted by Gasteiger charge is 2.19. The number of carbonyl (C=O) groups is 2. The minimum atomic E-state index is -3.64. The molecule has 2 aromatic carbocycles. The highest BCUT2D eigenvalue weighted by molar-refractivity contribution is 7.89. The fourth-order valence-corrected chi connectivity index (χ4v) is 4.28. The molecule has 1 fully saturated rings. The standard InChI is InChI=1S/C22H28N4O4S/c1-25(2)31(29,30)20-7-5-6-18(14-20)22(28)24-16-21(27)23-15-17-8-10-19(11-9-17)26-12-3-4-13-26/h5-11,14H,3-4,12-13,15-16H2,1-2H3,(H,23,27)(H,24,28).